The van der Waals surface area contributed by atoms with E-state index in [4.69, 9.17) is 9.05 Å². The Labute approximate surface area is 419 Å². The number of quaternary nitrogens is 1. The molecule has 0 rings (SSSR count). The predicted molar refractivity (Wildman–Crippen MR) is 293 cm³/mol. The van der Waals surface area contributed by atoms with Gasteiger partial charge in [-0.3, -0.25) is 9.36 Å². The van der Waals surface area contributed by atoms with Crippen molar-refractivity contribution in [2.75, 3.05) is 40.9 Å². The maximum Gasteiger partial charge on any atom is 0.268 e. The van der Waals surface area contributed by atoms with E-state index in [1.54, 1.807) is 6.08 Å². The Bertz CT molecular complexity index is 1420. The number of unbranched alkanes of at least 4 members (excludes halogenated alkanes) is 22. The number of hydrogen-bond acceptors (Lipinski definition) is 6. The fraction of sp³-hybridized carbons (Fsp3) is 0.712. The summed E-state index contributed by atoms with van der Waals surface area (Å²) in [5.41, 5.74) is 0. The van der Waals surface area contributed by atoms with E-state index in [0.29, 0.717) is 17.4 Å². The molecule has 1 amide bonds. The molecule has 0 aliphatic carbocycles. The van der Waals surface area contributed by atoms with E-state index in [2.05, 4.69) is 104 Å². The van der Waals surface area contributed by atoms with Crippen LogP contribution in [0, 0.1) is 0 Å². The van der Waals surface area contributed by atoms with E-state index in [1.165, 1.54) is 116 Å². The number of carbonyl (C=O) groups excluding carboxylic acids is 1. The largest absolute Gasteiger partial charge is 0.756 e. The first-order valence-corrected chi connectivity index (χ1v) is 29.1. The van der Waals surface area contributed by atoms with Gasteiger partial charge in [0.15, 0.2) is 0 Å². The number of nitrogens with one attached hydrogen (secondary N) is 1. The smallest absolute Gasteiger partial charge is 0.268 e. The van der Waals surface area contributed by atoms with Gasteiger partial charge in [0.2, 0.25) is 5.91 Å². The van der Waals surface area contributed by atoms with Gasteiger partial charge in [0.25, 0.3) is 7.82 Å². The lowest BCUT2D eigenvalue weighted by Gasteiger charge is -2.29. The molecule has 0 fully saturated rings. The third-order valence-corrected chi connectivity index (χ3v) is 12.7. The van der Waals surface area contributed by atoms with Gasteiger partial charge >= 0.3 is 0 Å². The fourth-order valence-corrected chi connectivity index (χ4v) is 8.19. The summed E-state index contributed by atoms with van der Waals surface area (Å²) in [5, 5.41) is 13.8. The van der Waals surface area contributed by atoms with Crippen LogP contribution in [0.15, 0.2) is 97.2 Å². The lowest BCUT2D eigenvalue weighted by atomic mass is 10.0. The topological polar surface area (TPSA) is 108 Å². The molecule has 0 spiro atoms. The second-order valence-electron chi connectivity index (χ2n) is 19.5. The van der Waals surface area contributed by atoms with Crippen molar-refractivity contribution in [1.82, 2.24) is 5.32 Å². The molecular weight excluding hydrogens is 864 g/mol. The molecule has 8 nitrogen and oxygen atoms in total. The molecule has 392 valence electrons. The van der Waals surface area contributed by atoms with Crippen molar-refractivity contribution in [2.45, 2.75) is 231 Å². The van der Waals surface area contributed by atoms with Gasteiger partial charge in [-0.1, -0.05) is 227 Å². The first kappa shape index (κ1) is 65.4. The standard InChI is InChI=1S/C59H105N2O6P/c1-6-8-10-12-14-16-18-20-22-24-25-26-27-28-29-30-31-32-33-34-35-37-39-41-43-45-47-49-51-53-59(63)60-57(56-67-68(64,65)66-55-54-61(3,4)5)58(62)52-50-48-46-44-42-40-38-36-23-21-19-17-15-13-11-9-7-2/h8,10,14,16,20,22,25-26,28-29,31-32,42,44,50,52,57-58,62H,6-7,9,11-13,15,17-19,21,23-24,27,30,33-41,43,45-49,51,53-56H2,1-5H3,(H-,60,63,64,65)/b10-8-,16-14-,22-20-,26-25-,29-28-,32-31-,44-42+,52-50+. The van der Waals surface area contributed by atoms with Crippen molar-refractivity contribution in [2.24, 2.45) is 0 Å². The third-order valence-electron chi connectivity index (χ3n) is 11.8. The van der Waals surface area contributed by atoms with E-state index in [0.717, 1.165) is 83.5 Å². The van der Waals surface area contributed by atoms with Gasteiger partial charge < -0.3 is 28.8 Å². The minimum Gasteiger partial charge on any atom is -0.756 e. The van der Waals surface area contributed by atoms with Gasteiger partial charge in [-0.25, -0.2) is 0 Å². The van der Waals surface area contributed by atoms with Crippen molar-refractivity contribution >= 4 is 13.7 Å². The number of rotatable bonds is 49. The summed E-state index contributed by atoms with van der Waals surface area (Å²) in [6.45, 7) is 4.50. The molecule has 3 unspecified atom stereocenters. The first-order valence-electron chi connectivity index (χ1n) is 27.6. The van der Waals surface area contributed by atoms with E-state index in [1.807, 2.05) is 27.2 Å². The van der Waals surface area contributed by atoms with E-state index < -0.39 is 26.6 Å². The van der Waals surface area contributed by atoms with Crippen molar-refractivity contribution < 1.29 is 32.9 Å². The number of likely N-dealkylation sites (N-methyl/N-ethyl adjacent to an activating group) is 1. The van der Waals surface area contributed by atoms with E-state index in [-0.39, 0.29) is 12.5 Å². The zero-order chi connectivity index (χ0) is 49.9. The summed E-state index contributed by atoms with van der Waals surface area (Å²) < 4.78 is 23.3. The first-order chi connectivity index (χ1) is 33.0. The van der Waals surface area contributed by atoms with Crippen LogP contribution >= 0.6 is 7.82 Å². The Balaban J connectivity index is 4.27. The van der Waals surface area contributed by atoms with Crippen LogP contribution in [0.4, 0.5) is 0 Å². The Hall–Kier alpha value is -2.58. The molecule has 0 bridgehead atoms. The molecule has 0 aromatic carbocycles. The molecule has 0 aromatic rings. The van der Waals surface area contributed by atoms with Crippen molar-refractivity contribution in [1.29, 1.82) is 0 Å². The predicted octanol–water partition coefficient (Wildman–Crippen LogP) is 16.0. The quantitative estimate of drug-likeness (QED) is 0.0272. The normalized spacial score (nSPS) is 14.8. The molecule has 2 N–H and O–H groups in total. The van der Waals surface area contributed by atoms with Gasteiger partial charge in [0.05, 0.1) is 39.9 Å². The molecule has 0 aliphatic rings. The van der Waals surface area contributed by atoms with Crippen LogP contribution in [0.5, 0.6) is 0 Å². The molecule has 0 saturated carbocycles. The van der Waals surface area contributed by atoms with Crippen LogP contribution in [0.2, 0.25) is 0 Å². The summed E-state index contributed by atoms with van der Waals surface area (Å²) in [6, 6.07) is -0.912. The number of aliphatic hydroxyl groups is 1. The Kier molecular flexibility index (Phi) is 47.5. The molecule has 0 aliphatic heterocycles. The highest BCUT2D eigenvalue weighted by molar-refractivity contribution is 7.45. The lowest BCUT2D eigenvalue weighted by Crippen LogP contribution is -2.45. The number of amides is 1. The summed E-state index contributed by atoms with van der Waals surface area (Å²) in [4.78, 5) is 25.5. The number of allylic oxidation sites excluding steroid dienone is 15. The molecule has 9 heteroatoms. The lowest BCUT2D eigenvalue weighted by molar-refractivity contribution is -0.870. The number of aliphatic hydroxyl groups excluding tert-OH is 1. The molecule has 68 heavy (non-hydrogen) atoms. The number of nitrogens with zero attached hydrogens (tertiary/aromatic N) is 1. The zero-order valence-corrected chi connectivity index (χ0v) is 45.4. The minimum absolute atomic E-state index is 0.0116. The number of phosphoric ester groups is 1. The highest BCUT2D eigenvalue weighted by Gasteiger charge is 2.23. The van der Waals surface area contributed by atoms with Crippen molar-refractivity contribution in [3.8, 4) is 0 Å². The van der Waals surface area contributed by atoms with Crippen molar-refractivity contribution in [3.63, 3.8) is 0 Å². The van der Waals surface area contributed by atoms with Gasteiger partial charge in [0, 0.05) is 6.42 Å². The minimum atomic E-state index is -4.61. The van der Waals surface area contributed by atoms with Gasteiger partial charge in [-0.2, -0.15) is 0 Å². The van der Waals surface area contributed by atoms with Crippen molar-refractivity contribution in [3.05, 3.63) is 97.2 Å². The molecule has 0 aromatic heterocycles. The molecular formula is C59H105N2O6P. The number of phosphoric acid groups is 1. The highest BCUT2D eigenvalue weighted by Crippen LogP contribution is 2.38. The second-order valence-corrected chi connectivity index (χ2v) is 21.0. The van der Waals surface area contributed by atoms with Crippen LogP contribution < -0.4 is 10.2 Å². The summed E-state index contributed by atoms with van der Waals surface area (Å²) in [6.07, 6.45) is 70.4. The Morgan fingerprint density at radius 3 is 1.37 bits per heavy atom. The highest BCUT2D eigenvalue weighted by atomic mass is 31.2. The third kappa shape index (κ3) is 51.3. The average molecular weight is 969 g/mol. The summed E-state index contributed by atoms with van der Waals surface area (Å²) in [5.74, 6) is -0.216. The van der Waals surface area contributed by atoms with Crippen LogP contribution in [0.3, 0.4) is 0 Å². The maximum absolute atomic E-state index is 12.9. The Morgan fingerprint density at radius 1 is 0.529 bits per heavy atom. The molecule has 0 heterocycles. The van der Waals surface area contributed by atoms with E-state index in [9.17, 15) is 19.4 Å². The molecule has 3 atom stereocenters. The van der Waals surface area contributed by atoms with Gasteiger partial charge in [0.1, 0.15) is 13.2 Å². The average Bonchev–Trinajstić information content (AvgIpc) is 3.30. The van der Waals surface area contributed by atoms with Crippen LogP contribution in [0.1, 0.15) is 219 Å². The van der Waals surface area contributed by atoms with Crippen LogP contribution in [-0.2, 0) is 18.4 Å². The molecule has 0 radical (unpaired) electrons. The summed E-state index contributed by atoms with van der Waals surface area (Å²) >= 11 is 0. The second kappa shape index (κ2) is 49.4. The van der Waals surface area contributed by atoms with Gasteiger partial charge in [-0.05, 0) is 83.5 Å². The van der Waals surface area contributed by atoms with Gasteiger partial charge in [-0.15, -0.1) is 0 Å². The fourth-order valence-electron chi connectivity index (χ4n) is 7.47. The maximum atomic E-state index is 12.9. The molecule has 0 saturated heterocycles. The monoisotopic (exact) mass is 969 g/mol. The number of carbonyl (C=O) groups is 1. The summed E-state index contributed by atoms with van der Waals surface area (Å²) in [7, 11) is 1.23. The van der Waals surface area contributed by atoms with Crippen LogP contribution in [0.25, 0.3) is 0 Å². The van der Waals surface area contributed by atoms with Crippen LogP contribution in [-0.4, -0.2) is 68.5 Å². The van der Waals surface area contributed by atoms with E-state index >= 15 is 0 Å². The number of hydrogen-bond donors (Lipinski definition) is 2. The SMILES string of the molecule is CC/C=C\C/C=C\C/C=C\C/C=C\C/C=C\C/C=C\CCCCCCCCCCCCC(=O)NC(COP(=O)([O-])OCC[N+](C)(C)C)C(O)/C=C/CC/C=C/CCCCCCCCCCCCC. The zero-order valence-electron chi connectivity index (χ0n) is 44.5. The Morgan fingerprint density at radius 2 is 0.912 bits per heavy atom.